The fourth-order valence-electron chi connectivity index (χ4n) is 5.54. The first-order valence-corrected chi connectivity index (χ1v) is 12.3. The summed E-state index contributed by atoms with van der Waals surface area (Å²) >= 11 is 0. The Hall–Kier alpha value is -2.21. The van der Waals surface area contributed by atoms with Gasteiger partial charge in [-0.3, -0.25) is 9.69 Å². The van der Waals surface area contributed by atoms with Gasteiger partial charge in [0.25, 0.3) is 6.43 Å². The number of carboxylic acid groups (broad SMARTS) is 1. The molecule has 4 rings (SSSR count). The number of nitrogens with zero attached hydrogens (tertiary/aromatic N) is 1. The van der Waals surface area contributed by atoms with E-state index in [4.69, 9.17) is 9.84 Å². The molecule has 6 heteroatoms. The minimum Gasteiger partial charge on any atom is -0.490 e. The summed E-state index contributed by atoms with van der Waals surface area (Å²) in [5.41, 5.74) is 1.05. The van der Waals surface area contributed by atoms with Crippen molar-refractivity contribution >= 4 is 16.7 Å². The van der Waals surface area contributed by atoms with E-state index >= 15 is 0 Å². The topological polar surface area (TPSA) is 49.8 Å². The van der Waals surface area contributed by atoms with Crippen LogP contribution in [0.4, 0.5) is 8.78 Å². The number of hydrogen-bond donors (Lipinski definition) is 1. The standard InChI is InChI=1S/C27H35F2NO3/c1-17-5-9-22(10-6-17)33-24-12-8-21-15-20(7-11-23(21)26(24)27(28)29)18(2)30-13-3-4-19(16-30)14-25(31)32/h7-8,11-12,15,17-19,22,27H,3-6,9-10,13-14,16H2,1-2H3,(H,31,32)/t17-,18-,19-,22+/m1/s1. The molecule has 4 nitrogen and oxygen atoms in total. The van der Waals surface area contributed by atoms with E-state index in [1.165, 1.54) is 0 Å². The molecular weight excluding hydrogens is 424 g/mol. The number of benzene rings is 2. The number of rotatable bonds is 7. The Kier molecular flexibility index (Phi) is 7.52. The molecule has 1 saturated carbocycles. The van der Waals surface area contributed by atoms with Crippen LogP contribution in [0.25, 0.3) is 10.8 Å². The molecule has 2 atom stereocenters. The molecule has 180 valence electrons. The van der Waals surface area contributed by atoms with Crippen LogP contribution in [0.5, 0.6) is 5.75 Å². The highest BCUT2D eigenvalue weighted by Crippen LogP contribution is 2.39. The van der Waals surface area contributed by atoms with Crippen LogP contribution in [0.2, 0.25) is 0 Å². The average molecular weight is 460 g/mol. The number of ether oxygens (including phenoxy) is 1. The molecule has 1 aliphatic carbocycles. The van der Waals surface area contributed by atoms with Gasteiger partial charge in [-0.1, -0.05) is 25.1 Å². The van der Waals surface area contributed by atoms with Crippen molar-refractivity contribution in [1.82, 2.24) is 4.90 Å². The fourth-order valence-corrected chi connectivity index (χ4v) is 5.54. The van der Waals surface area contributed by atoms with Crippen LogP contribution in [-0.2, 0) is 4.79 Å². The summed E-state index contributed by atoms with van der Waals surface area (Å²) in [5.74, 6) is 0.397. The van der Waals surface area contributed by atoms with E-state index in [0.29, 0.717) is 17.1 Å². The third-order valence-electron chi connectivity index (χ3n) is 7.56. The van der Waals surface area contributed by atoms with Gasteiger partial charge in [-0.05, 0) is 92.3 Å². The highest BCUT2D eigenvalue weighted by molar-refractivity contribution is 5.88. The molecule has 1 aliphatic heterocycles. The van der Waals surface area contributed by atoms with Gasteiger partial charge in [0.1, 0.15) is 5.75 Å². The van der Waals surface area contributed by atoms with Crippen LogP contribution in [0.1, 0.15) is 82.4 Å². The smallest absolute Gasteiger partial charge is 0.303 e. The zero-order valence-corrected chi connectivity index (χ0v) is 19.6. The molecule has 2 aliphatic rings. The molecular formula is C27H35F2NO3. The van der Waals surface area contributed by atoms with Gasteiger partial charge in [-0.25, -0.2) is 8.78 Å². The molecule has 0 amide bonds. The van der Waals surface area contributed by atoms with E-state index in [9.17, 15) is 13.6 Å². The molecule has 0 spiro atoms. The van der Waals surface area contributed by atoms with E-state index in [-0.39, 0.29) is 30.0 Å². The quantitative estimate of drug-likeness (QED) is 0.485. The second kappa shape index (κ2) is 10.4. The predicted molar refractivity (Wildman–Crippen MR) is 126 cm³/mol. The SMILES string of the molecule is C[C@H](c1ccc2c(C(F)F)c(O[C@H]3CC[C@@H](C)CC3)ccc2c1)N1CCC[C@H](CC(=O)O)C1. The summed E-state index contributed by atoms with van der Waals surface area (Å²) < 4.78 is 34.4. The van der Waals surface area contributed by atoms with Crippen molar-refractivity contribution < 1.29 is 23.4 Å². The zero-order chi connectivity index (χ0) is 23.5. The van der Waals surface area contributed by atoms with E-state index in [1.807, 2.05) is 18.2 Å². The highest BCUT2D eigenvalue weighted by Gasteiger charge is 2.27. The lowest BCUT2D eigenvalue weighted by Gasteiger charge is -2.36. The maximum absolute atomic E-state index is 14.1. The molecule has 0 bridgehead atoms. The zero-order valence-electron chi connectivity index (χ0n) is 19.6. The van der Waals surface area contributed by atoms with Gasteiger partial charge in [-0.2, -0.15) is 0 Å². The Balaban J connectivity index is 1.55. The lowest BCUT2D eigenvalue weighted by Crippen LogP contribution is -2.37. The Labute approximate surface area is 194 Å². The summed E-state index contributed by atoms with van der Waals surface area (Å²) in [4.78, 5) is 13.4. The van der Waals surface area contributed by atoms with Crippen molar-refractivity contribution in [2.45, 2.75) is 77.4 Å². The molecule has 0 radical (unpaired) electrons. The van der Waals surface area contributed by atoms with Gasteiger partial charge in [0.15, 0.2) is 0 Å². The first kappa shape index (κ1) is 23.9. The van der Waals surface area contributed by atoms with Crippen molar-refractivity contribution in [3.8, 4) is 5.75 Å². The van der Waals surface area contributed by atoms with Crippen LogP contribution in [0.15, 0.2) is 30.3 Å². The Morgan fingerprint density at radius 2 is 1.91 bits per heavy atom. The van der Waals surface area contributed by atoms with Crippen molar-refractivity contribution in [2.75, 3.05) is 13.1 Å². The first-order valence-electron chi connectivity index (χ1n) is 12.3. The number of fused-ring (bicyclic) bond motifs is 1. The lowest BCUT2D eigenvalue weighted by molar-refractivity contribution is -0.138. The van der Waals surface area contributed by atoms with Crippen LogP contribution in [-0.4, -0.2) is 35.2 Å². The highest BCUT2D eigenvalue weighted by atomic mass is 19.3. The Morgan fingerprint density at radius 3 is 2.61 bits per heavy atom. The summed E-state index contributed by atoms with van der Waals surface area (Å²) in [7, 11) is 0. The van der Waals surface area contributed by atoms with Gasteiger partial charge in [0.05, 0.1) is 11.7 Å². The summed E-state index contributed by atoms with van der Waals surface area (Å²) in [5, 5.41) is 10.5. The van der Waals surface area contributed by atoms with Gasteiger partial charge in [0, 0.05) is 19.0 Å². The van der Waals surface area contributed by atoms with Crippen LogP contribution in [0, 0.1) is 11.8 Å². The maximum Gasteiger partial charge on any atom is 0.303 e. The predicted octanol–water partition coefficient (Wildman–Crippen LogP) is 6.98. The van der Waals surface area contributed by atoms with Gasteiger partial charge < -0.3 is 9.84 Å². The van der Waals surface area contributed by atoms with Crippen LogP contribution < -0.4 is 4.74 Å². The van der Waals surface area contributed by atoms with Gasteiger partial charge in [0.2, 0.25) is 0 Å². The second-order valence-electron chi connectivity index (χ2n) is 10.0. The van der Waals surface area contributed by atoms with Crippen molar-refractivity contribution in [3.63, 3.8) is 0 Å². The van der Waals surface area contributed by atoms with E-state index in [0.717, 1.165) is 62.6 Å². The van der Waals surface area contributed by atoms with Crippen molar-refractivity contribution in [3.05, 3.63) is 41.5 Å². The lowest BCUT2D eigenvalue weighted by atomic mass is 9.89. The third kappa shape index (κ3) is 5.65. The molecule has 1 heterocycles. The van der Waals surface area contributed by atoms with Crippen molar-refractivity contribution in [2.24, 2.45) is 11.8 Å². The minimum atomic E-state index is -2.60. The van der Waals surface area contributed by atoms with E-state index in [2.05, 4.69) is 18.7 Å². The van der Waals surface area contributed by atoms with E-state index < -0.39 is 12.4 Å². The number of alkyl halides is 2. The number of piperidine rings is 1. The summed E-state index contributed by atoms with van der Waals surface area (Å²) in [6.45, 7) is 6.01. The molecule has 0 unspecified atom stereocenters. The molecule has 2 aromatic carbocycles. The number of aliphatic carboxylic acids is 1. The van der Waals surface area contributed by atoms with Crippen LogP contribution >= 0.6 is 0 Å². The minimum absolute atomic E-state index is 0.00768. The molecule has 2 aromatic rings. The molecule has 0 aromatic heterocycles. The Morgan fingerprint density at radius 1 is 1.15 bits per heavy atom. The molecule has 2 fully saturated rings. The van der Waals surface area contributed by atoms with Crippen LogP contribution in [0.3, 0.4) is 0 Å². The Bertz CT molecular complexity index is 971. The molecule has 1 N–H and O–H groups in total. The van der Waals surface area contributed by atoms with Crippen molar-refractivity contribution in [1.29, 1.82) is 0 Å². The number of hydrogen-bond acceptors (Lipinski definition) is 3. The largest absolute Gasteiger partial charge is 0.490 e. The van der Waals surface area contributed by atoms with E-state index in [1.54, 1.807) is 12.1 Å². The normalized spacial score (nSPS) is 25.3. The average Bonchev–Trinajstić information content (AvgIpc) is 2.79. The maximum atomic E-state index is 14.1. The number of carboxylic acids is 1. The monoisotopic (exact) mass is 459 g/mol. The van der Waals surface area contributed by atoms with Gasteiger partial charge >= 0.3 is 5.97 Å². The number of halogens is 2. The number of carbonyl (C=O) groups is 1. The fraction of sp³-hybridized carbons (Fsp3) is 0.593. The first-order chi connectivity index (χ1) is 15.8. The third-order valence-corrected chi connectivity index (χ3v) is 7.56. The molecule has 33 heavy (non-hydrogen) atoms. The van der Waals surface area contributed by atoms with Gasteiger partial charge in [-0.15, -0.1) is 0 Å². The summed E-state index contributed by atoms with van der Waals surface area (Å²) in [6.07, 6.45) is 3.50. The second-order valence-corrected chi connectivity index (χ2v) is 10.0. The summed E-state index contributed by atoms with van der Waals surface area (Å²) in [6, 6.07) is 9.43. The number of likely N-dealkylation sites (tertiary alicyclic amines) is 1. The molecule has 1 saturated heterocycles.